The van der Waals surface area contributed by atoms with Crippen molar-refractivity contribution in [2.75, 3.05) is 26.1 Å². The Hall–Kier alpha value is -4.05. The summed E-state index contributed by atoms with van der Waals surface area (Å²) in [4.78, 5) is 16.7. The van der Waals surface area contributed by atoms with Gasteiger partial charge in [-0.2, -0.15) is 0 Å². The van der Waals surface area contributed by atoms with Gasteiger partial charge >= 0.3 is 0 Å². The SMILES string of the molecule is COc1ccc(-c2cnoc2-c2cc(C)c(C)c(OC)c2)cc1NC(=O)C([NH3+])CCCN=C(N)N. The highest BCUT2D eigenvalue weighted by atomic mass is 16.5. The maximum atomic E-state index is 12.8. The summed E-state index contributed by atoms with van der Waals surface area (Å²) in [5, 5.41) is 6.95. The Morgan fingerprint density at radius 2 is 1.89 bits per heavy atom. The molecule has 3 aromatic rings. The van der Waals surface area contributed by atoms with E-state index in [-0.39, 0.29) is 11.9 Å². The van der Waals surface area contributed by atoms with Crippen LogP contribution in [0.15, 0.2) is 46.0 Å². The lowest BCUT2D eigenvalue weighted by Crippen LogP contribution is -2.66. The fraction of sp³-hybridized carbons (Fsp3) is 0.320. The molecule has 186 valence electrons. The number of amides is 1. The van der Waals surface area contributed by atoms with Crippen LogP contribution >= 0.6 is 0 Å². The zero-order chi connectivity index (χ0) is 25.5. The lowest BCUT2D eigenvalue weighted by Gasteiger charge is -2.14. The van der Waals surface area contributed by atoms with E-state index in [0.29, 0.717) is 36.6 Å². The van der Waals surface area contributed by atoms with Crippen molar-refractivity contribution in [3.8, 4) is 33.9 Å². The van der Waals surface area contributed by atoms with Gasteiger partial charge in [-0.3, -0.25) is 9.79 Å². The van der Waals surface area contributed by atoms with Crippen molar-refractivity contribution in [1.82, 2.24) is 5.16 Å². The number of hydrogen-bond donors (Lipinski definition) is 4. The molecule has 1 heterocycles. The number of aryl methyl sites for hydroxylation is 1. The molecule has 10 nitrogen and oxygen atoms in total. The number of hydrogen-bond acceptors (Lipinski definition) is 6. The van der Waals surface area contributed by atoms with Crippen LogP contribution in [-0.4, -0.2) is 43.8 Å². The number of nitrogens with two attached hydrogens (primary N) is 2. The second-order valence-corrected chi connectivity index (χ2v) is 8.24. The highest BCUT2D eigenvalue weighted by Gasteiger charge is 2.21. The van der Waals surface area contributed by atoms with E-state index in [1.165, 1.54) is 0 Å². The lowest BCUT2D eigenvalue weighted by molar-refractivity contribution is -0.403. The Labute approximate surface area is 204 Å². The summed E-state index contributed by atoms with van der Waals surface area (Å²) in [5.74, 6) is 1.70. The number of quaternary nitrogens is 1. The average molecular weight is 482 g/mol. The normalized spacial score (nSPS) is 11.6. The number of ether oxygens (including phenoxy) is 2. The van der Waals surface area contributed by atoms with Crippen LogP contribution in [0.4, 0.5) is 5.69 Å². The molecule has 0 radical (unpaired) electrons. The maximum Gasteiger partial charge on any atom is 0.282 e. The highest BCUT2D eigenvalue weighted by molar-refractivity contribution is 5.96. The molecule has 0 saturated carbocycles. The van der Waals surface area contributed by atoms with Crippen LogP contribution in [0.1, 0.15) is 24.0 Å². The van der Waals surface area contributed by atoms with Crippen molar-refractivity contribution < 1.29 is 24.5 Å². The van der Waals surface area contributed by atoms with Gasteiger partial charge in [-0.15, -0.1) is 0 Å². The Kier molecular flexibility index (Phi) is 8.32. The first-order valence-electron chi connectivity index (χ1n) is 11.2. The van der Waals surface area contributed by atoms with Gasteiger partial charge in [0.05, 0.1) is 26.1 Å². The molecule has 0 spiro atoms. The number of guanidine groups is 1. The van der Waals surface area contributed by atoms with Crippen LogP contribution in [-0.2, 0) is 4.79 Å². The number of aliphatic imine (C=N–C) groups is 1. The molecule has 35 heavy (non-hydrogen) atoms. The van der Waals surface area contributed by atoms with Gasteiger partial charge in [0, 0.05) is 24.1 Å². The van der Waals surface area contributed by atoms with Gasteiger partial charge in [-0.25, -0.2) is 0 Å². The first-order valence-corrected chi connectivity index (χ1v) is 11.2. The maximum absolute atomic E-state index is 12.8. The lowest BCUT2D eigenvalue weighted by atomic mass is 9.98. The molecule has 8 N–H and O–H groups in total. The van der Waals surface area contributed by atoms with Crippen molar-refractivity contribution in [3.63, 3.8) is 0 Å². The Morgan fingerprint density at radius 1 is 1.14 bits per heavy atom. The van der Waals surface area contributed by atoms with Gasteiger partial charge in [-0.05, 0) is 61.2 Å². The van der Waals surface area contributed by atoms with Crippen molar-refractivity contribution in [2.45, 2.75) is 32.7 Å². The molecule has 1 atom stereocenters. The minimum atomic E-state index is -0.480. The molecule has 2 aromatic carbocycles. The predicted molar refractivity (Wildman–Crippen MR) is 135 cm³/mol. The van der Waals surface area contributed by atoms with Crippen LogP contribution < -0.4 is 32.0 Å². The number of carbonyl (C=O) groups excluding carboxylic acids is 1. The second-order valence-electron chi connectivity index (χ2n) is 8.24. The fourth-order valence-corrected chi connectivity index (χ4v) is 3.71. The minimum absolute atomic E-state index is 0.0314. The van der Waals surface area contributed by atoms with Gasteiger partial charge in [0.2, 0.25) is 0 Å². The van der Waals surface area contributed by atoms with Crippen molar-refractivity contribution in [1.29, 1.82) is 0 Å². The number of methoxy groups -OCH3 is 2. The largest absolute Gasteiger partial charge is 0.496 e. The highest BCUT2D eigenvalue weighted by Crippen LogP contribution is 2.38. The zero-order valence-corrected chi connectivity index (χ0v) is 20.6. The summed E-state index contributed by atoms with van der Waals surface area (Å²) in [6.45, 7) is 4.47. The van der Waals surface area contributed by atoms with Crippen LogP contribution in [0.2, 0.25) is 0 Å². The second kappa shape index (κ2) is 11.4. The van der Waals surface area contributed by atoms with Crippen LogP contribution in [0.5, 0.6) is 11.5 Å². The Balaban J connectivity index is 1.87. The number of benzene rings is 2. The Bertz CT molecular complexity index is 1220. The monoisotopic (exact) mass is 481 g/mol. The van der Waals surface area contributed by atoms with Gasteiger partial charge in [0.1, 0.15) is 11.5 Å². The molecule has 1 amide bonds. The van der Waals surface area contributed by atoms with E-state index in [2.05, 4.69) is 21.2 Å². The van der Waals surface area contributed by atoms with E-state index >= 15 is 0 Å². The molecule has 1 aromatic heterocycles. The molecular formula is C25H33N6O4+. The quantitative estimate of drug-likeness (QED) is 0.196. The molecule has 10 heteroatoms. The number of nitrogens with zero attached hydrogens (tertiary/aromatic N) is 2. The smallest absolute Gasteiger partial charge is 0.282 e. The van der Waals surface area contributed by atoms with Crippen molar-refractivity contribution in [3.05, 3.63) is 47.7 Å². The fourth-order valence-electron chi connectivity index (χ4n) is 3.71. The van der Waals surface area contributed by atoms with Crippen molar-refractivity contribution in [2.24, 2.45) is 16.5 Å². The third-order valence-corrected chi connectivity index (χ3v) is 5.82. The summed E-state index contributed by atoms with van der Waals surface area (Å²) in [7, 11) is 3.19. The molecule has 0 saturated heterocycles. The van der Waals surface area contributed by atoms with Gasteiger partial charge in [-0.1, -0.05) is 11.2 Å². The molecule has 0 bridgehead atoms. The average Bonchev–Trinajstić information content (AvgIpc) is 3.33. The minimum Gasteiger partial charge on any atom is -0.496 e. The van der Waals surface area contributed by atoms with E-state index in [4.69, 9.17) is 25.5 Å². The third kappa shape index (κ3) is 6.10. The molecule has 0 aliphatic rings. The molecule has 1 unspecified atom stereocenters. The first-order chi connectivity index (χ1) is 16.7. The summed E-state index contributed by atoms with van der Waals surface area (Å²) in [5.41, 5.74) is 19.7. The van der Waals surface area contributed by atoms with Crippen molar-refractivity contribution >= 4 is 17.6 Å². The Morgan fingerprint density at radius 3 is 2.57 bits per heavy atom. The van der Waals surface area contributed by atoms with E-state index in [9.17, 15) is 4.79 Å². The van der Waals surface area contributed by atoms with E-state index in [0.717, 1.165) is 33.6 Å². The van der Waals surface area contributed by atoms with E-state index in [1.54, 1.807) is 26.5 Å². The number of nitrogens with one attached hydrogen (secondary N) is 1. The first kappa shape index (κ1) is 25.6. The van der Waals surface area contributed by atoms with Crippen LogP contribution in [0, 0.1) is 13.8 Å². The van der Waals surface area contributed by atoms with Crippen LogP contribution in [0.25, 0.3) is 22.5 Å². The van der Waals surface area contributed by atoms with Crippen LogP contribution in [0.3, 0.4) is 0 Å². The number of aromatic nitrogens is 1. The summed E-state index contributed by atoms with van der Waals surface area (Å²) in [6, 6.07) is 8.99. The molecule has 0 fully saturated rings. The molecule has 0 aliphatic carbocycles. The van der Waals surface area contributed by atoms with Gasteiger partial charge in [0.25, 0.3) is 5.91 Å². The summed E-state index contributed by atoms with van der Waals surface area (Å²) >= 11 is 0. The molecular weight excluding hydrogens is 448 g/mol. The number of carbonyl (C=O) groups is 1. The van der Waals surface area contributed by atoms with E-state index < -0.39 is 6.04 Å². The molecule has 0 aliphatic heterocycles. The summed E-state index contributed by atoms with van der Waals surface area (Å²) < 4.78 is 16.6. The molecule has 3 rings (SSSR count). The van der Waals surface area contributed by atoms with Gasteiger partial charge in [0.15, 0.2) is 17.8 Å². The number of rotatable bonds is 10. The summed E-state index contributed by atoms with van der Waals surface area (Å²) in [6.07, 6.45) is 2.83. The third-order valence-electron chi connectivity index (χ3n) is 5.82. The van der Waals surface area contributed by atoms with E-state index in [1.807, 2.05) is 38.1 Å². The number of anilines is 1. The standard InChI is InChI=1S/C25H32N6O4/c1-14-10-17(12-22(34-4)15(14)2)23-18(13-30-35-23)16-7-8-21(33-3)20(11-16)31-24(32)19(26)6-5-9-29-25(27)28/h7-8,10-13,19H,5-6,9,26H2,1-4H3,(H,31,32)(H4,27,28,29)/p+1. The van der Waals surface area contributed by atoms with Gasteiger partial charge < -0.3 is 36.5 Å². The predicted octanol–water partition coefficient (Wildman–Crippen LogP) is 2.25. The topological polar surface area (TPSA) is 166 Å². The zero-order valence-electron chi connectivity index (χ0n) is 20.6.